The number of hydrogen-bond donors (Lipinski definition) is 0. The molecule has 3 rings (SSSR count). The smallest absolute Gasteiger partial charge is 0.409 e. The van der Waals surface area contributed by atoms with Crippen LogP contribution < -0.4 is 9.64 Å². The lowest BCUT2D eigenvalue weighted by Crippen LogP contribution is -2.49. The highest BCUT2D eigenvalue weighted by Crippen LogP contribution is 2.36. The van der Waals surface area contributed by atoms with Gasteiger partial charge in [0.25, 0.3) is 0 Å². The third kappa shape index (κ3) is 4.53. The molecule has 29 heavy (non-hydrogen) atoms. The molecular formula is C19H23N5O5. The molecule has 10 heteroatoms. The van der Waals surface area contributed by atoms with Crippen LogP contribution in [0, 0.1) is 24.0 Å². The van der Waals surface area contributed by atoms with Crippen molar-refractivity contribution in [3.8, 4) is 11.6 Å². The molecule has 0 radical (unpaired) electrons. The normalized spacial score (nSPS) is 13.9. The molecule has 0 unspecified atom stereocenters. The van der Waals surface area contributed by atoms with Gasteiger partial charge in [0.15, 0.2) is 0 Å². The highest BCUT2D eigenvalue weighted by molar-refractivity contribution is 5.69. The van der Waals surface area contributed by atoms with Gasteiger partial charge in [-0.3, -0.25) is 10.1 Å². The summed E-state index contributed by atoms with van der Waals surface area (Å²) in [4.78, 5) is 34.5. The zero-order chi connectivity index (χ0) is 21.0. The Morgan fingerprint density at radius 2 is 1.90 bits per heavy atom. The molecule has 1 aromatic heterocycles. The van der Waals surface area contributed by atoms with Gasteiger partial charge in [-0.2, -0.15) is 4.98 Å². The van der Waals surface area contributed by atoms with Crippen LogP contribution in [-0.2, 0) is 4.74 Å². The van der Waals surface area contributed by atoms with Crippen LogP contribution in [0.1, 0.15) is 18.1 Å². The summed E-state index contributed by atoms with van der Waals surface area (Å²) in [6, 6.07) is 5.43. The van der Waals surface area contributed by atoms with Crippen molar-refractivity contribution < 1.29 is 19.2 Å². The fourth-order valence-corrected chi connectivity index (χ4v) is 3.02. The van der Waals surface area contributed by atoms with Crippen LogP contribution in [0.2, 0.25) is 0 Å². The fourth-order valence-electron chi connectivity index (χ4n) is 3.02. The molecule has 0 aliphatic carbocycles. The first-order valence-electron chi connectivity index (χ1n) is 9.31. The van der Waals surface area contributed by atoms with E-state index in [-0.39, 0.29) is 23.5 Å². The predicted octanol–water partition coefficient (Wildman–Crippen LogP) is 3.07. The lowest BCUT2D eigenvalue weighted by atomic mass is 10.1. The number of amides is 1. The number of hydrogen-bond acceptors (Lipinski definition) is 8. The fraction of sp³-hybridized carbons (Fsp3) is 0.421. The van der Waals surface area contributed by atoms with E-state index in [0.29, 0.717) is 38.5 Å². The van der Waals surface area contributed by atoms with Crippen LogP contribution in [-0.4, -0.2) is 58.7 Å². The number of rotatable bonds is 5. The van der Waals surface area contributed by atoms with E-state index in [9.17, 15) is 14.9 Å². The topological polar surface area (TPSA) is 111 Å². The molecule has 2 aromatic rings. The van der Waals surface area contributed by atoms with Gasteiger partial charge in [-0.05, 0) is 44.0 Å². The molecule has 1 fully saturated rings. The summed E-state index contributed by atoms with van der Waals surface area (Å²) in [7, 11) is 0. The number of aromatic nitrogens is 2. The molecule has 0 N–H and O–H groups in total. The van der Waals surface area contributed by atoms with E-state index in [4.69, 9.17) is 9.47 Å². The summed E-state index contributed by atoms with van der Waals surface area (Å²) in [6.07, 6.45) is 0.860. The lowest BCUT2D eigenvalue weighted by molar-refractivity contribution is -0.385. The molecule has 1 aliphatic heterocycles. The third-order valence-electron chi connectivity index (χ3n) is 4.75. The van der Waals surface area contributed by atoms with Gasteiger partial charge in [-0.1, -0.05) is 6.07 Å². The van der Waals surface area contributed by atoms with Gasteiger partial charge >= 0.3 is 17.7 Å². The second kappa shape index (κ2) is 8.72. The first kappa shape index (κ1) is 20.3. The largest absolute Gasteiger partial charge is 0.450 e. The second-order valence-corrected chi connectivity index (χ2v) is 6.63. The molecule has 154 valence electrons. The minimum atomic E-state index is -0.538. The maximum Gasteiger partial charge on any atom is 0.409 e. The van der Waals surface area contributed by atoms with E-state index in [1.54, 1.807) is 28.9 Å². The van der Waals surface area contributed by atoms with Crippen molar-refractivity contribution in [2.75, 3.05) is 37.7 Å². The minimum Gasteiger partial charge on any atom is -0.450 e. The van der Waals surface area contributed by atoms with Crippen LogP contribution in [0.4, 0.5) is 16.3 Å². The number of nitro groups is 1. The Kier molecular flexibility index (Phi) is 6.10. The molecule has 0 saturated carbocycles. The number of carbonyl (C=O) groups is 1. The first-order valence-corrected chi connectivity index (χ1v) is 9.31. The van der Waals surface area contributed by atoms with Crippen molar-refractivity contribution in [3.05, 3.63) is 45.8 Å². The average molecular weight is 401 g/mol. The van der Waals surface area contributed by atoms with Crippen LogP contribution in [0.3, 0.4) is 0 Å². The van der Waals surface area contributed by atoms with Crippen molar-refractivity contribution >= 4 is 17.6 Å². The van der Waals surface area contributed by atoms with E-state index in [1.165, 1.54) is 6.33 Å². The first-order chi connectivity index (χ1) is 13.9. The van der Waals surface area contributed by atoms with Crippen LogP contribution >= 0.6 is 0 Å². The van der Waals surface area contributed by atoms with Crippen molar-refractivity contribution in [3.63, 3.8) is 0 Å². The van der Waals surface area contributed by atoms with E-state index >= 15 is 0 Å². The Morgan fingerprint density at radius 3 is 2.52 bits per heavy atom. The van der Waals surface area contributed by atoms with Crippen molar-refractivity contribution in [1.29, 1.82) is 0 Å². The number of ether oxygens (including phenoxy) is 2. The lowest BCUT2D eigenvalue weighted by Gasteiger charge is -2.34. The van der Waals surface area contributed by atoms with Gasteiger partial charge in [0.1, 0.15) is 12.1 Å². The maximum absolute atomic E-state index is 11.9. The Hall–Kier alpha value is -3.43. The second-order valence-electron chi connectivity index (χ2n) is 6.63. The SMILES string of the molecule is CCOC(=O)N1CCN(c2ncnc(Oc3ccc(C)c(C)c3)c2[N+](=O)[O-])CC1. The van der Waals surface area contributed by atoms with Crippen LogP contribution in [0.25, 0.3) is 0 Å². The van der Waals surface area contributed by atoms with Gasteiger partial charge in [-0.25, -0.2) is 9.78 Å². The number of carbonyl (C=O) groups excluding carboxylic acids is 1. The van der Waals surface area contributed by atoms with Crippen molar-refractivity contribution in [2.24, 2.45) is 0 Å². The van der Waals surface area contributed by atoms with Crippen LogP contribution in [0.5, 0.6) is 11.6 Å². The summed E-state index contributed by atoms with van der Waals surface area (Å²) in [5, 5.41) is 11.8. The Balaban J connectivity index is 1.83. The zero-order valence-electron chi connectivity index (χ0n) is 16.6. The monoisotopic (exact) mass is 401 g/mol. The highest BCUT2D eigenvalue weighted by atomic mass is 16.6. The van der Waals surface area contributed by atoms with Gasteiger partial charge in [0, 0.05) is 26.2 Å². The Bertz CT molecular complexity index is 912. The molecule has 1 aromatic carbocycles. The molecular weight excluding hydrogens is 378 g/mol. The molecule has 10 nitrogen and oxygen atoms in total. The average Bonchev–Trinajstić information content (AvgIpc) is 2.71. The van der Waals surface area contributed by atoms with Gasteiger partial charge in [0.05, 0.1) is 11.5 Å². The predicted molar refractivity (Wildman–Crippen MR) is 105 cm³/mol. The Labute approximate surface area is 168 Å². The molecule has 0 atom stereocenters. The van der Waals surface area contributed by atoms with Crippen molar-refractivity contribution in [2.45, 2.75) is 20.8 Å². The quantitative estimate of drug-likeness (QED) is 0.555. The highest BCUT2D eigenvalue weighted by Gasteiger charge is 2.31. The van der Waals surface area contributed by atoms with Crippen LogP contribution in [0.15, 0.2) is 24.5 Å². The molecule has 1 amide bonds. The standard InChI is InChI=1S/C19H23N5O5/c1-4-28-19(25)23-9-7-22(8-10-23)17-16(24(26)27)18(21-12-20-17)29-15-6-5-13(2)14(3)11-15/h5-6,11-12H,4,7-10H2,1-3H3. The van der Waals surface area contributed by atoms with Gasteiger partial charge in [-0.15, -0.1) is 0 Å². The maximum atomic E-state index is 11.9. The Morgan fingerprint density at radius 1 is 1.17 bits per heavy atom. The molecule has 1 aliphatic rings. The number of anilines is 1. The molecule has 0 spiro atoms. The van der Waals surface area contributed by atoms with E-state index in [1.807, 2.05) is 19.9 Å². The number of benzene rings is 1. The van der Waals surface area contributed by atoms with E-state index in [0.717, 1.165) is 11.1 Å². The van der Waals surface area contributed by atoms with E-state index < -0.39 is 4.92 Å². The summed E-state index contributed by atoms with van der Waals surface area (Å²) < 4.78 is 10.7. The summed E-state index contributed by atoms with van der Waals surface area (Å²) >= 11 is 0. The third-order valence-corrected chi connectivity index (χ3v) is 4.75. The summed E-state index contributed by atoms with van der Waals surface area (Å²) in [6.45, 7) is 7.50. The number of aryl methyl sites for hydroxylation is 2. The molecule has 1 saturated heterocycles. The summed E-state index contributed by atoms with van der Waals surface area (Å²) in [5.74, 6) is 0.524. The molecule has 2 heterocycles. The number of nitrogens with zero attached hydrogens (tertiary/aromatic N) is 5. The number of piperazine rings is 1. The molecule has 0 bridgehead atoms. The minimum absolute atomic E-state index is 0.115. The van der Waals surface area contributed by atoms with Gasteiger partial charge < -0.3 is 19.3 Å². The summed E-state index contributed by atoms with van der Waals surface area (Å²) in [5.41, 5.74) is 1.81. The van der Waals surface area contributed by atoms with Gasteiger partial charge in [0.2, 0.25) is 5.82 Å². The zero-order valence-corrected chi connectivity index (χ0v) is 16.6. The van der Waals surface area contributed by atoms with E-state index in [2.05, 4.69) is 9.97 Å². The van der Waals surface area contributed by atoms with Crippen molar-refractivity contribution in [1.82, 2.24) is 14.9 Å².